The van der Waals surface area contributed by atoms with Crippen molar-refractivity contribution in [1.29, 1.82) is 0 Å². The fraction of sp³-hybridized carbons (Fsp3) is 0.889. The summed E-state index contributed by atoms with van der Waals surface area (Å²) in [4.78, 5) is 12.8. The van der Waals surface area contributed by atoms with Gasteiger partial charge in [-0.1, -0.05) is 13.8 Å². The predicted octanol–water partition coefficient (Wildman–Crippen LogP) is 0.419. The maximum absolute atomic E-state index is 11.1. The van der Waals surface area contributed by atoms with Gasteiger partial charge in [-0.2, -0.15) is 0 Å². The second-order valence-corrected chi connectivity index (χ2v) is 3.96. The Morgan fingerprint density at radius 2 is 2.31 bits per heavy atom. The molecule has 0 aromatic heterocycles. The molecule has 76 valence electrons. The number of hydrogen-bond donors (Lipinski definition) is 2. The summed E-state index contributed by atoms with van der Waals surface area (Å²) in [5.41, 5.74) is 0. The minimum absolute atomic E-state index is 0.0530. The maximum atomic E-state index is 11.1. The van der Waals surface area contributed by atoms with Crippen LogP contribution >= 0.6 is 0 Å². The number of aliphatic hydroxyl groups is 1. The zero-order valence-corrected chi connectivity index (χ0v) is 8.29. The van der Waals surface area contributed by atoms with Gasteiger partial charge >= 0.3 is 6.03 Å². The first-order chi connectivity index (χ1) is 6.09. The molecule has 2 N–H and O–H groups in total. The zero-order valence-electron chi connectivity index (χ0n) is 8.29. The molecule has 0 spiro atoms. The van der Waals surface area contributed by atoms with Gasteiger partial charge in [-0.05, 0) is 12.3 Å². The number of carbonyl (C=O) groups excluding carboxylic acids is 1. The normalized spacial score (nSPS) is 19.4. The molecular formula is C9H18N2O2. The Morgan fingerprint density at radius 1 is 1.62 bits per heavy atom. The third-order valence-corrected chi connectivity index (χ3v) is 2.12. The maximum Gasteiger partial charge on any atom is 0.317 e. The van der Waals surface area contributed by atoms with Crippen molar-refractivity contribution in [2.45, 2.75) is 26.4 Å². The molecule has 13 heavy (non-hydrogen) atoms. The van der Waals surface area contributed by atoms with E-state index in [9.17, 15) is 9.90 Å². The minimum Gasteiger partial charge on any atom is -0.391 e. The van der Waals surface area contributed by atoms with Crippen LogP contribution in [0.5, 0.6) is 0 Å². The number of nitrogens with one attached hydrogen (secondary N) is 1. The predicted molar refractivity (Wildman–Crippen MR) is 50.4 cm³/mol. The summed E-state index contributed by atoms with van der Waals surface area (Å²) in [6, 6.07) is -0.0530. The lowest BCUT2D eigenvalue weighted by atomic mass is 10.1. The van der Waals surface area contributed by atoms with Crippen molar-refractivity contribution < 1.29 is 9.90 Å². The Morgan fingerprint density at radius 3 is 2.77 bits per heavy atom. The van der Waals surface area contributed by atoms with E-state index < -0.39 is 0 Å². The van der Waals surface area contributed by atoms with Crippen LogP contribution in [0.3, 0.4) is 0 Å². The van der Waals surface area contributed by atoms with E-state index in [1.807, 2.05) is 0 Å². The van der Waals surface area contributed by atoms with Crippen molar-refractivity contribution in [2.24, 2.45) is 5.92 Å². The van der Waals surface area contributed by atoms with Gasteiger partial charge in [0, 0.05) is 19.6 Å². The van der Waals surface area contributed by atoms with Gasteiger partial charge in [0.25, 0.3) is 0 Å². The van der Waals surface area contributed by atoms with Gasteiger partial charge in [0.2, 0.25) is 0 Å². The van der Waals surface area contributed by atoms with Crippen molar-refractivity contribution in [3.63, 3.8) is 0 Å². The summed E-state index contributed by atoms with van der Waals surface area (Å²) in [5, 5.41) is 12.3. The monoisotopic (exact) mass is 186 g/mol. The minimum atomic E-state index is -0.385. The molecule has 1 heterocycles. The van der Waals surface area contributed by atoms with E-state index in [4.69, 9.17) is 0 Å². The Bertz CT molecular complexity index is 182. The SMILES string of the molecule is CC(C)CC(O)CN1CCNC1=O. The Labute approximate surface area is 78.9 Å². The molecule has 1 saturated heterocycles. The number of amides is 2. The van der Waals surface area contributed by atoms with Crippen LogP contribution in [-0.4, -0.2) is 41.8 Å². The highest BCUT2D eigenvalue weighted by molar-refractivity contribution is 5.76. The van der Waals surface area contributed by atoms with Crippen LogP contribution < -0.4 is 5.32 Å². The van der Waals surface area contributed by atoms with Gasteiger partial charge in [0.15, 0.2) is 0 Å². The highest BCUT2D eigenvalue weighted by Gasteiger charge is 2.22. The summed E-state index contributed by atoms with van der Waals surface area (Å²) in [7, 11) is 0. The van der Waals surface area contributed by atoms with Crippen LogP contribution in [0.4, 0.5) is 4.79 Å². The van der Waals surface area contributed by atoms with Crippen LogP contribution in [0, 0.1) is 5.92 Å². The first-order valence-electron chi connectivity index (χ1n) is 4.80. The molecule has 4 nitrogen and oxygen atoms in total. The molecule has 1 aliphatic heterocycles. The number of aliphatic hydroxyl groups excluding tert-OH is 1. The van der Waals surface area contributed by atoms with Gasteiger partial charge in [-0.15, -0.1) is 0 Å². The van der Waals surface area contributed by atoms with Crippen LogP contribution in [0.25, 0.3) is 0 Å². The van der Waals surface area contributed by atoms with E-state index in [2.05, 4.69) is 19.2 Å². The summed E-state index contributed by atoms with van der Waals surface area (Å²) < 4.78 is 0. The van der Waals surface area contributed by atoms with Crippen molar-refractivity contribution in [1.82, 2.24) is 10.2 Å². The lowest BCUT2D eigenvalue weighted by molar-refractivity contribution is 0.112. The smallest absolute Gasteiger partial charge is 0.317 e. The van der Waals surface area contributed by atoms with E-state index in [0.717, 1.165) is 6.42 Å². The highest BCUT2D eigenvalue weighted by atomic mass is 16.3. The van der Waals surface area contributed by atoms with Crippen LogP contribution in [0.1, 0.15) is 20.3 Å². The number of nitrogens with zero attached hydrogens (tertiary/aromatic N) is 1. The molecule has 1 rings (SSSR count). The van der Waals surface area contributed by atoms with Gasteiger partial charge in [0.05, 0.1) is 6.10 Å². The van der Waals surface area contributed by atoms with Gasteiger partial charge < -0.3 is 15.3 Å². The molecule has 0 radical (unpaired) electrons. The van der Waals surface area contributed by atoms with E-state index in [-0.39, 0.29) is 12.1 Å². The largest absolute Gasteiger partial charge is 0.391 e. The summed E-state index contributed by atoms with van der Waals surface area (Å²) >= 11 is 0. The van der Waals surface area contributed by atoms with Gasteiger partial charge in [-0.3, -0.25) is 0 Å². The number of β-amino-alcohol motifs (C(OH)–C–C–N with tert-alkyl or cyclic N) is 1. The number of urea groups is 1. The third kappa shape index (κ3) is 3.22. The third-order valence-electron chi connectivity index (χ3n) is 2.12. The Kier molecular flexibility index (Phi) is 3.54. The summed E-state index contributed by atoms with van der Waals surface area (Å²) in [6.07, 6.45) is 0.368. The molecule has 1 atom stereocenters. The molecule has 1 aliphatic rings. The Hall–Kier alpha value is -0.770. The topological polar surface area (TPSA) is 52.6 Å². The molecule has 0 aliphatic carbocycles. The zero-order chi connectivity index (χ0) is 9.84. The molecule has 0 bridgehead atoms. The van der Waals surface area contributed by atoms with Crippen molar-refractivity contribution in [3.05, 3.63) is 0 Å². The van der Waals surface area contributed by atoms with Gasteiger partial charge in [-0.25, -0.2) is 4.79 Å². The molecule has 1 fully saturated rings. The average Bonchev–Trinajstić information content (AvgIpc) is 2.34. The first-order valence-corrected chi connectivity index (χ1v) is 4.80. The van der Waals surface area contributed by atoms with E-state index in [0.29, 0.717) is 25.6 Å². The molecule has 4 heteroatoms. The van der Waals surface area contributed by atoms with E-state index in [1.165, 1.54) is 0 Å². The number of carbonyl (C=O) groups is 1. The molecule has 0 saturated carbocycles. The number of rotatable bonds is 4. The molecule has 0 aromatic rings. The lowest BCUT2D eigenvalue weighted by Gasteiger charge is -2.19. The van der Waals surface area contributed by atoms with Crippen molar-refractivity contribution in [3.8, 4) is 0 Å². The van der Waals surface area contributed by atoms with Crippen LogP contribution in [-0.2, 0) is 0 Å². The molecule has 0 aromatic carbocycles. The first kappa shape index (κ1) is 10.3. The number of hydrogen-bond acceptors (Lipinski definition) is 2. The highest BCUT2D eigenvalue weighted by Crippen LogP contribution is 2.07. The molecule has 2 amide bonds. The van der Waals surface area contributed by atoms with E-state index >= 15 is 0 Å². The standard InChI is InChI=1S/C9H18N2O2/c1-7(2)5-8(12)6-11-4-3-10-9(11)13/h7-8,12H,3-6H2,1-2H3,(H,10,13). The Balaban J connectivity index is 2.27. The second kappa shape index (κ2) is 4.46. The average molecular weight is 186 g/mol. The second-order valence-electron chi connectivity index (χ2n) is 3.96. The van der Waals surface area contributed by atoms with Crippen molar-refractivity contribution >= 4 is 6.03 Å². The van der Waals surface area contributed by atoms with E-state index in [1.54, 1.807) is 4.90 Å². The van der Waals surface area contributed by atoms with Crippen molar-refractivity contribution in [2.75, 3.05) is 19.6 Å². The summed E-state index contributed by atoms with van der Waals surface area (Å²) in [5.74, 6) is 0.473. The summed E-state index contributed by atoms with van der Waals surface area (Å²) in [6.45, 7) is 6.01. The fourth-order valence-electron chi connectivity index (χ4n) is 1.56. The fourth-order valence-corrected chi connectivity index (χ4v) is 1.56. The van der Waals surface area contributed by atoms with Crippen LogP contribution in [0.2, 0.25) is 0 Å². The van der Waals surface area contributed by atoms with Crippen LogP contribution in [0.15, 0.2) is 0 Å². The quantitative estimate of drug-likeness (QED) is 0.668. The molecule has 1 unspecified atom stereocenters. The molecular weight excluding hydrogens is 168 g/mol. The lowest BCUT2D eigenvalue weighted by Crippen LogP contribution is -2.35. The van der Waals surface area contributed by atoms with Gasteiger partial charge in [0.1, 0.15) is 0 Å².